The molecule has 0 radical (unpaired) electrons. The van der Waals surface area contributed by atoms with Crippen LogP contribution in [0.1, 0.15) is 25.3 Å². The average Bonchev–Trinajstić information content (AvgIpc) is 2.30. The number of hydrogen-bond acceptors (Lipinski definition) is 2. The summed E-state index contributed by atoms with van der Waals surface area (Å²) >= 11 is 6.06. The molecular formula is C13H20ClFN2. The van der Waals surface area contributed by atoms with Crippen molar-refractivity contribution < 1.29 is 4.39 Å². The number of nitrogens with two attached hydrogens (primary N) is 2. The fourth-order valence-corrected chi connectivity index (χ4v) is 2.48. The predicted molar refractivity (Wildman–Crippen MR) is 70.6 cm³/mol. The maximum atomic E-state index is 13.8. The van der Waals surface area contributed by atoms with Crippen molar-refractivity contribution in [1.29, 1.82) is 0 Å². The molecule has 0 saturated carbocycles. The van der Waals surface area contributed by atoms with E-state index in [0.717, 1.165) is 0 Å². The molecular weight excluding hydrogens is 239 g/mol. The molecule has 1 rings (SSSR count). The molecule has 0 fully saturated rings. The van der Waals surface area contributed by atoms with Crippen LogP contribution in [0.4, 0.5) is 4.39 Å². The topological polar surface area (TPSA) is 52.0 Å². The summed E-state index contributed by atoms with van der Waals surface area (Å²) in [5, 5.41) is 0.470. The lowest BCUT2D eigenvalue weighted by atomic mass is 9.80. The Kier molecular flexibility index (Phi) is 5.37. The summed E-state index contributed by atoms with van der Waals surface area (Å²) in [6.45, 7) is 5.02. The Labute approximate surface area is 107 Å². The third kappa shape index (κ3) is 3.18. The summed E-state index contributed by atoms with van der Waals surface area (Å²) < 4.78 is 13.8. The predicted octanol–water partition coefficient (Wildman–Crippen LogP) is 2.75. The Morgan fingerprint density at radius 1 is 1.24 bits per heavy atom. The van der Waals surface area contributed by atoms with E-state index in [9.17, 15) is 4.39 Å². The standard InChI is InChI=1S/C13H20ClFN2/c1-8(10(6-16)7-17)9(2)13-11(14)4-3-5-12(13)15/h3-5,8-10H,6-7,16-17H2,1-2H3. The van der Waals surface area contributed by atoms with Gasteiger partial charge in [0.15, 0.2) is 0 Å². The molecule has 96 valence electrons. The van der Waals surface area contributed by atoms with Crippen molar-refractivity contribution in [1.82, 2.24) is 0 Å². The molecule has 0 saturated heterocycles. The maximum Gasteiger partial charge on any atom is 0.128 e. The number of hydrogen-bond donors (Lipinski definition) is 2. The van der Waals surface area contributed by atoms with Gasteiger partial charge in [-0.05, 0) is 43.0 Å². The zero-order valence-corrected chi connectivity index (χ0v) is 11.0. The molecule has 2 atom stereocenters. The lowest BCUT2D eigenvalue weighted by Gasteiger charge is -2.28. The van der Waals surface area contributed by atoms with E-state index >= 15 is 0 Å². The van der Waals surface area contributed by atoms with Crippen LogP contribution in [-0.2, 0) is 0 Å². The van der Waals surface area contributed by atoms with Crippen molar-refractivity contribution in [2.75, 3.05) is 13.1 Å². The second kappa shape index (κ2) is 6.34. The van der Waals surface area contributed by atoms with Gasteiger partial charge in [-0.3, -0.25) is 0 Å². The first-order chi connectivity index (χ1) is 8.02. The van der Waals surface area contributed by atoms with E-state index < -0.39 is 0 Å². The Bertz CT molecular complexity index is 346. The smallest absolute Gasteiger partial charge is 0.128 e. The Morgan fingerprint density at radius 2 is 1.82 bits per heavy atom. The van der Waals surface area contributed by atoms with Crippen LogP contribution >= 0.6 is 11.6 Å². The van der Waals surface area contributed by atoms with Crippen molar-refractivity contribution in [2.24, 2.45) is 23.3 Å². The molecule has 2 unspecified atom stereocenters. The van der Waals surface area contributed by atoms with Crippen LogP contribution in [0.2, 0.25) is 5.02 Å². The molecule has 1 aromatic carbocycles. The summed E-state index contributed by atoms with van der Waals surface area (Å²) in [6.07, 6.45) is 0. The van der Waals surface area contributed by atoms with E-state index in [0.29, 0.717) is 23.7 Å². The first kappa shape index (κ1) is 14.4. The third-order valence-electron chi connectivity index (χ3n) is 3.59. The molecule has 0 aromatic heterocycles. The van der Waals surface area contributed by atoms with Crippen LogP contribution in [0.5, 0.6) is 0 Å². The lowest BCUT2D eigenvalue weighted by molar-refractivity contribution is 0.323. The quantitative estimate of drug-likeness (QED) is 0.853. The summed E-state index contributed by atoms with van der Waals surface area (Å²) in [5.41, 5.74) is 11.9. The van der Waals surface area contributed by atoms with Gasteiger partial charge in [-0.15, -0.1) is 0 Å². The molecule has 0 heterocycles. The second-order valence-corrected chi connectivity index (χ2v) is 4.92. The highest BCUT2D eigenvalue weighted by Gasteiger charge is 2.25. The van der Waals surface area contributed by atoms with Gasteiger partial charge in [0.1, 0.15) is 5.82 Å². The Morgan fingerprint density at radius 3 is 2.29 bits per heavy atom. The van der Waals surface area contributed by atoms with E-state index in [1.165, 1.54) is 6.07 Å². The molecule has 1 aromatic rings. The van der Waals surface area contributed by atoms with Gasteiger partial charge < -0.3 is 11.5 Å². The number of benzene rings is 1. The summed E-state index contributed by atoms with van der Waals surface area (Å²) in [4.78, 5) is 0. The van der Waals surface area contributed by atoms with Crippen molar-refractivity contribution in [3.8, 4) is 0 Å². The highest BCUT2D eigenvalue weighted by atomic mass is 35.5. The van der Waals surface area contributed by atoms with Crippen molar-refractivity contribution >= 4 is 11.6 Å². The minimum atomic E-state index is -0.260. The Hall–Kier alpha value is -0.640. The first-order valence-electron chi connectivity index (χ1n) is 5.87. The molecule has 0 bridgehead atoms. The van der Waals surface area contributed by atoms with Crippen LogP contribution in [0, 0.1) is 17.7 Å². The molecule has 0 spiro atoms. The van der Waals surface area contributed by atoms with Gasteiger partial charge in [0.2, 0.25) is 0 Å². The van der Waals surface area contributed by atoms with Gasteiger partial charge in [-0.1, -0.05) is 31.5 Å². The number of halogens is 2. The van der Waals surface area contributed by atoms with Crippen molar-refractivity contribution in [3.63, 3.8) is 0 Å². The number of rotatable bonds is 5. The Balaban J connectivity index is 2.99. The first-order valence-corrected chi connectivity index (χ1v) is 6.24. The van der Waals surface area contributed by atoms with E-state index in [1.807, 2.05) is 13.8 Å². The maximum absolute atomic E-state index is 13.8. The fourth-order valence-electron chi connectivity index (χ4n) is 2.14. The molecule has 0 amide bonds. The molecule has 0 aliphatic carbocycles. The van der Waals surface area contributed by atoms with Gasteiger partial charge in [0.25, 0.3) is 0 Å². The molecule has 2 nitrogen and oxygen atoms in total. The fraction of sp³-hybridized carbons (Fsp3) is 0.538. The van der Waals surface area contributed by atoms with Gasteiger partial charge in [-0.2, -0.15) is 0 Å². The molecule has 0 aliphatic rings. The van der Waals surface area contributed by atoms with Crippen LogP contribution < -0.4 is 11.5 Å². The molecule has 4 N–H and O–H groups in total. The average molecular weight is 259 g/mol. The largest absolute Gasteiger partial charge is 0.330 e. The van der Waals surface area contributed by atoms with Gasteiger partial charge >= 0.3 is 0 Å². The SMILES string of the molecule is CC(c1c(F)cccc1Cl)C(C)C(CN)CN. The van der Waals surface area contributed by atoms with E-state index in [4.69, 9.17) is 23.1 Å². The third-order valence-corrected chi connectivity index (χ3v) is 3.92. The summed E-state index contributed by atoms with van der Waals surface area (Å²) in [5.74, 6) is 0.116. The lowest BCUT2D eigenvalue weighted by Crippen LogP contribution is -2.31. The normalized spacial score (nSPS) is 15.0. The van der Waals surface area contributed by atoms with Crippen molar-refractivity contribution in [2.45, 2.75) is 19.8 Å². The van der Waals surface area contributed by atoms with Crippen LogP contribution in [0.3, 0.4) is 0 Å². The van der Waals surface area contributed by atoms with E-state index in [2.05, 4.69) is 0 Å². The van der Waals surface area contributed by atoms with Gasteiger partial charge in [0, 0.05) is 10.6 Å². The van der Waals surface area contributed by atoms with Gasteiger partial charge in [0.05, 0.1) is 0 Å². The molecule has 0 aliphatic heterocycles. The summed E-state index contributed by atoms with van der Waals surface area (Å²) in [6, 6.07) is 4.76. The second-order valence-electron chi connectivity index (χ2n) is 4.51. The van der Waals surface area contributed by atoms with Crippen LogP contribution in [-0.4, -0.2) is 13.1 Å². The molecule has 4 heteroatoms. The van der Waals surface area contributed by atoms with Crippen LogP contribution in [0.25, 0.3) is 0 Å². The highest BCUT2D eigenvalue weighted by Crippen LogP contribution is 2.34. The highest BCUT2D eigenvalue weighted by molar-refractivity contribution is 6.31. The minimum absolute atomic E-state index is 0.000741. The van der Waals surface area contributed by atoms with E-state index in [1.54, 1.807) is 12.1 Å². The zero-order valence-electron chi connectivity index (χ0n) is 10.3. The monoisotopic (exact) mass is 258 g/mol. The summed E-state index contributed by atoms with van der Waals surface area (Å²) in [7, 11) is 0. The van der Waals surface area contributed by atoms with E-state index in [-0.39, 0.29) is 23.6 Å². The minimum Gasteiger partial charge on any atom is -0.330 e. The van der Waals surface area contributed by atoms with Crippen molar-refractivity contribution in [3.05, 3.63) is 34.6 Å². The zero-order chi connectivity index (χ0) is 13.0. The van der Waals surface area contributed by atoms with Gasteiger partial charge in [-0.25, -0.2) is 4.39 Å². The van der Waals surface area contributed by atoms with Crippen LogP contribution in [0.15, 0.2) is 18.2 Å². The molecule has 17 heavy (non-hydrogen) atoms.